The summed E-state index contributed by atoms with van der Waals surface area (Å²) in [5, 5.41) is 3.66. The minimum atomic E-state index is -0.565. The van der Waals surface area contributed by atoms with Gasteiger partial charge in [-0.15, -0.1) is 0 Å². The highest BCUT2D eigenvalue weighted by atomic mass is 19.1. The van der Waals surface area contributed by atoms with Crippen molar-refractivity contribution >= 4 is 22.7 Å². The normalized spacial score (nSPS) is 15.2. The predicted octanol–water partition coefficient (Wildman–Crippen LogP) is 3.18. The number of nitrogens with one attached hydrogen (secondary N) is 1. The molecular formula is C25H29FN4O2. The first-order valence-electron chi connectivity index (χ1n) is 11.1. The van der Waals surface area contributed by atoms with E-state index in [2.05, 4.69) is 27.8 Å². The summed E-state index contributed by atoms with van der Waals surface area (Å²) < 4.78 is 15.4. The minimum absolute atomic E-state index is 0.173. The number of aromatic nitrogens is 1. The SMILES string of the molecule is Cc1cc2ccc(C(=O)NCC(N)=O)cc2n1C1CCN(CCc2ccc(F)cc2)CC1. The summed E-state index contributed by atoms with van der Waals surface area (Å²) in [6, 6.07) is 14.9. The van der Waals surface area contributed by atoms with Crippen molar-refractivity contribution in [2.75, 3.05) is 26.2 Å². The van der Waals surface area contributed by atoms with Gasteiger partial charge in [-0.1, -0.05) is 18.2 Å². The fourth-order valence-corrected chi connectivity index (χ4v) is 4.59. The molecule has 0 unspecified atom stereocenters. The van der Waals surface area contributed by atoms with Crippen LogP contribution in [0.5, 0.6) is 0 Å². The zero-order valence-electron chi connectivity index (χ0n) is 18.3. The summed E-state index contributed by atoms with van der Waals surface area (Å²) in [4.78, 5) is 25.8. The van der Waals surface area contributed by atoms with Gasteiger partial charge in [0, 0.05) is 42.5 Å². The van der Waals surface area contributed by atoms with Crippen LogP contribution in [-0.4, -0.2) is 47.5 Å². The largest absolute Gasteiger partial charge is 0.368 e. The Bertz CT molecular complexity index is 1110. The number of aryl methyl sites for hydroxylation is 1. The quantitative estimate of drug-likeness (QED) is 0.597. The van der Waals surface area contributed by atoms with Gasteiger partial charge in [-0.2, -0.15) is 0 Å². The summed E-state index contributed by atoms with van der Waals surface area (Å²) in [6.45, 7) is 4.91. The van der Waals surface area contributed by atoms with Crippen molar-refractivity contribution in [2.45, 2.75) is 32.2 Å². The molecule has 0 aliphatic carbocycles. The number of amides is 2. The minimum Gasteiger partial charge on any atom is -0.368 e. The van der Waals surface area contributed by atoms with E-state index in [4.69, 9.17) is 5.73 Å². The number of rotatable bonds is 7. The Morgan fingerprint density at radius 1 is 1.09 bits per heavy atom. The van der Waals surface area contributed by atoms with Gasteiger partial charge < -0.3 is 20.5 Å². The van der Waals surface area contributed by atoms with Gasteiger partial charge in [0.1, 0.15) is 5.82 Å². The number of carbonyl (C=O) groups is 2. The first-order chi connectivity index (χ1) is 15.4. The Labute approximate surface area is 187 Å². The van der Waals surface area contributed by atoms with Crippen molar-refractivity contribution in [1.82, 2.24) is 14.8 Å². The molecule has 32 heavy (non-hydrogen) atoms. The van der Waals surface area contributed by atoms with Crippen LogP contribution in [0.25, 0.3) is 10.9 Å². The fourth-order valence-electron chi connectivity index (χ4n) is 4.59. The summed E-state index contributed by atoms with van der Waals surface area (Å²) in [5.41, 5.74) is 9.03. The molecule has 2 heterocycles. The molecule has 0 atom stereocenters. The van der Waals surface area contributed by atoms with E-state index >= 15 is 0 Å². The van der Waals surface area contributed by atoms with Crippen LogP contribution in [0.4, 0.5) is 4.39 Å². The van der Waals surface area contributed by atoms with Gasteiger partial charge in [0.15, 0.2) is 0 Å². The molecule has 1 fully saturated rings. The molecule has 6 nitrogen and oxygen atoms in total. The lowest BCUT2D eigenvalue weighted by molar-refractivity contribution is -0.117. The first kappa shape index (κ1) is 22.0. The molecule has 168 valence electrons. The fraction of sp³-hybridized carbons (Fsp3) is 0.360. The number of nitrogens with two attached hydrogens (primary N) is 1. The highest BCUT2D eigenvalue weighted by Crippen LogP contribution is 2.31. The molecule has 3 N–H and O–H groups in total. The number of nitrogens with zero attached hydrogens (tertiary/aromatic N) is 2. The average Bonchev–Trinajstić information content (AvgIpc) is 3.12. The summed E-state index contributed by atoms with van der Waals surface area (Å²) in [6.07, 6.45) is 2.98. The Kier molecular flexibility index (Phi) is 6.55. The van der Waals surface area contributed by atoms with E-state index < -0.39 is 5.91 Å². The van der Waals surface area contributed by atoms with Crippen molar-refractivity contribution in [3.8, 4) is 0 Å². The Morgan fingerprint density at radius 2 is 1.81 bits per heavy atom. The van der Waals surface area contributed by atoms with E-state index in [1.807, 2.05) is 24.3 Å². The number of likely N-dealkylation sites (tertiary alicyclic amines) is 1. The number of hydrogen-bond donors (Lipinski definition) is 2. The second-order valence-corrected chi connectivity index (χ2v) is 8.53. The highest BCUT2D eigenvalue weighted by Gasteiger charge is 2.23. The van der Waals surface area contributed by atoms with Gasteiger partial charge in [-0.3, -0.25) is 9.59 Å². The number of halogens is 1. The number of piperidine rings is 1. The van der Waals surface area contributed by atoms with Gasteiger partial charge in [0.25, 0.3) is 5.91 Å². The maximum atomic E-state index is 13.1. The van der Waals surface area contributed by atoms with Crippen molar-refractivity contribution < 1.29 is 14.0 Å². The maximum absolute atomic E-state index is 13.1. The third-order valence-corrected chi connectivity index (χ3v) is 6.27. The third-order valence-electron chi connectivity index (χ3n) is 6.27. The van der Waals surface area contributed by atoms with Gasteiger partial charge in [-0.05, 0) is 67.5 Å². The standard InChI is InChI=1S/C25H29FN4O2/c1-17-14-19-4-5-20(25(32)28-16-24(27)31)15-23(19)30(17)22-9-12-29(13-10-22)11-8-18-2-6-21(26)7-3-18/h2-7,14-15,22H,8-13,16H2,1H3,(H2,27,31)(H,28,32). The number of hydrogen-bond acceptors (Lipinski definition) is 3. The molecule has 1 aliphatic rings. The molecule has 1 aliphatic heterocycles. The van der Waals surface area contributed by atoms with E-state index in [-0.39, 0.29) is 18.3 Å². The predicted molar refractivity (Wildman–Crippen MR) is 123 cm³/mol. The lowest BCUT2D eigenvalue weighted by atomic mass is 10.0. The van der Waals surface area contributed by atoms with E-state index in [9.17, 15) is 14.0 Å². The molecule has 0 saturated carbocycles. The summed E-state index contributed by atoms with van der Waals surface area (Å²) >= 11 is 0. The number of carbonyl (C=O) groups excluding carboxylic acids is 2. The monoisotopic (exact) mass is 436 g/mol. The molecular weight excluding hydrogens is 407 g/mol. The topological polar surface area (TPSA) is 80.4 Å². The molecule has 7 heteroatoms. The smallest absolute Gasteiger partial charge is 0.251 e. The molecule has 4 rings (SSSR count). The van der Waals surface area contributed by atoms with Crippen molar-refractivity contribution in [1.29, 1.82) is 0 Å². The lowest BCUT2D eigenvalue weighted by Gasteiger charge is -2.34. The Morgan fingerprint density at radius 3 is 2.50 bits per heavy atom. The van der Waals surface area contributed by atoms with Crippen molar-refractivity contribution in [2.24, 2.45) is 5.73 Å². The molecule has 1 saturated heterocycles. The van der Waals surface area contributed by atoms with E-state index in [0.29, 0.717) is 11.6 Å². The van der Waals surface area contributed by atoms with Gasteiger partial charge >= 0.3 is 0 Å². The van der Waals surface area contributed by atoms with E-state index in [0.717, 1.165) is 55.4 Å². The van der Waals surface area contributed by atoms with Crippen LogP contribution in [0.3, 0.4) is 0 Å². The molecule has 0 bridgehead atoms. The molecule has 3 aromatic rings. The van der Waals surface area contributed by atoms with Gasteiger partial charge in [0.05, 0.1) is 6.54 Å². The van der Waals surface area contributed by atoms with Crippen LogP contribution in [0.2, 0.25) is 0 Å². The highest BCUT2D eigenvalue weighted by molar-refractivity contribution is 5.99. The average molecular weight is 437 g/mol. The van der Waals surface area contributed by atoms with E-state index in [1.165, 1.54) is 17.8 Å². The Hall–Kier alpha value is -3.19. The number of benzene rings is 2. The maximum Gasteiger partial charge on any atom is 0.251 e. The molecule has 2 amide bonds. The Balaban J connectivity index is 1.42. The van der Waals surface area contributed by atoms with Crippen LogP contribution >= 0.6 is 0 Å². The van der Waals surface area contributed by atoms with Gasteiger partial charge in [0.2, 0.25) is 5.91 Å². The summed E-state index contributed by atoms with van der Waals surface area (Å²) in [7, 11) is 0. The molecule has 0 radical (unpaired) electrons. The van der Waals surface area contributed by atoms with Crippen LogP contribution in [0.15, 0.2) is 48.5 Å². The molecule has 2 aromatic carbocycles. The second kappa shape index (κ2) is 9.53. The van der Waals surface area contributed by atoms with Crippen LogP contribution in [0.1, 0.15) is 40.5 Å². The van der Waals surface area contributed by atoms with Crippen LogP contribution in [-0.2, 0) is 11.2 Å². The number of primary amides is 1. The van der Waals surface area contributed by atoms with Crippen molar-refractivity contribution in [3.05, 3.63) is 71.2 Å². The number of fused-ring (bicyclic) bond motifs is 1. The lowest BCUT2D eigenvalue weighted by Crippen LogP contribution is -2.36. The zero-order valence-corrected chi connectivity index (χ0v) is 18.3. The summed E-state index contributed by atoms with van der Waals surface area (Å²) in [5.74, 6) is -1.06. The van der Waals surface area contributed by atoms with Gasteiger partial charge in [-0.25, -0.2) is 4.39 Å². The first-order valence-corrected chi connectivity index (χ1v) is 11.1. The van der Waals surface area contributed by atoms with Crippen LogP contribution in [0, 0.1) is 12.7 Å². The van der Waals surface area contributed by atoms with E-state index in [1.54, 1.807) is 6.07 Å². The van der Waals surface area contributed by atoms with Crippen LogP contribution < -0.4 is 11.1 Å². The third kappa shape index (κ3) is 4.99. The zero-order chi connectivity index (χ0) is 22.7. The molecule has 1 aromatic heterocycles. The molecule has 0 spiro atoms. The second-order valence-electron chi connectivity index (χ2n) is 8.53. The van der Waals surface area contributed by atoms with Crippen molar-refractivity contribution in [3.63, 3.8) is 0 Å².